The normalized spacial score (nSPS) is 15.9. The van der Waals surface area contributed by atoms with Crippen molar-refractivity contribution in [3.05, 3.63) is 53.0 Å². The number of nitrogens with zero attached hydrogens (tertiary/aromatic N) is 2. The van der Waals surface area contributed by atoms with Crippen LogP contribution in [0.2, 0.25) is 0 Å². The summed E-state index contributed by atoms with van der Waals surface area (Å²) >= 11 is 0. The van der Waals surface area contributed by atoms with Gasteiger partial charge in [-0.1, -0.05) is 19.1 Å². The molecular formula is C26H36FN3O4S. The summed E-state index contributed by atoms with van der Waals surface area (Å²) in [4.78, 5) is 20.0. The smallest absolute Gasteiger partial charge is 0.229 e. The Balaban J connectivity index is 1.65. The van der Waals surface area contributed by atoms with Gasteiger partial charge >= 0.3 is 0 Å². The molecule has 7 nitrogen and oxygen atoms in total. The first-order valence-corrected chi connectivity index (χ1v) is 14.0. The Morgan fingerprint density at radius 1 is 1.20 bits per heavy atom. The highest BCUT2D eigenvalue weighted by Gasteiger charge is 2.24. The number of pyridine rings is 1. The second kappa shape index (κ2) is 11.5. The Kier molecular flexibility index (Phi) is 8.88. The molecule has 0 aliphatic carbocycles. The Hall–Kier alpha value is -2.52. The minimum Gasteiger partial charge on any atom is -0.375 e. The number of carbonyl (C=O) groups is 1. The van der Waals surface area contributed by atoms with Gasteiger partial charge in [-0.2, -0.15) is 0 Å². The summed E-state index contributed by atoms with van der Waals surface area (Å²) in [6, 6.07) is 8.16. The lowest BCUT2D eigenvalue weighted by Gasteiger charge is -2.34. The van der Waals surface area contributed by atoms with Crippen molar-refractivity contribution in [3.8, 4) is 0 Å². The number of carbonyl (C=O) groups excluding carboxylic acids is 1. The van der Waals surface area contributed by atoms with E-state index in [0.29, 0.717) is 18.4 Å². The molecule has 9 heteroatoms. The minimum absolute atomic E-state index is 0.0104. The maximum Gasteiger partial charge on any atom is 0.229 e. The summed E-state index contributed by atoms with van der Waals surface area (Å²) in [5.74, 6) is -0.301. The van der Waals surface area contributed by atoms with Gasteiger partial charge < -0.3 is 9.64 Å². The molecule has 0 spiro atoms. The van der Waals surface area contributed by atoms with E-state index in [9.17, 15) is 17.6 Å². The molecule has 1 aromatic heterocycles. The molecule has 1 aromatic carbocycles. The van der Waals surface area contributed by atoms with E-state index in [1.807, 2.05) is 19.1 Å². The SMILES string of the molecule is Cc1ccc(CCC(=O)C(C)c2ccc(NS(C)(=O)=O)c(F)c2)c(N2CCC(OC(C)C)CC2)n1. The highest BCUT2D eigenvalue weighted by molar-refractivity contribution is 7.92. The second-order valence-electron chi connectivity index (χ2n) is 9.61. The number of aryl methyl sites for hydroxylation is 2. The first-order valence-electron chi connectivity index (χ1n) is 12.1. The van der Waals surface area contributed by atoms with Gasteiger partial charge in [-0.3, -0.25) is 9.52 Å². The zero-order chi connectivity index (χ0) is 25.8. The molecule has 1 atom stereocenters. The van der Waals surface area contributed by atoms with Gasteiger partial charge in [0.15, 0.2) is 0 Å². The molecule has 192 valence electrons. The van der Waals surface area contributed by atoms with E-state index >= 15 is 0 Å². The molecule has 0 bridgehead atoms. The van der Waals surface area contributed by atoms with E-state index in [1.165, 1.54) is 12.1 Å². The van der Waals surface area contributed by atoms with Crippen molar-refractivity contribution in [2.45, 2.75) is 71.5 Å². The van der Waals surface area contributed by atoms with Crippen molar-refractivity contribution in [1.82, 2.24) is 4.98 Å². The monoisotopic (exact) mass is 505 g/mol. The van der Waals surface area contributed by atoms with Gasteiger partial charge in [-0.05, 0) is 69.4 Å². The summed E-state index contributed by atoms with van der Waals surface area (Å²) in [7, 11) is -3.59. The average molecular weight is 506 g/mol. The van der Waals surface area contributed by atoms with Gasteiger partial charge in [0.1, 0.15) is 17.4 Å². The molecule has 0 radical (unpaired) electrons. The van der Waals surface area contributed by atoms with Gasteiger partial charge in [-0.15, -0.1) is 0 Å². The molecule has 2 heterocycles. The van der Waals surface area contributed by atoms with E-state index in [0.717, 1.165) is 49.3 Å². The standard InChI is InChI=1S/C26H36FN3O4S/c1-17(2)34-22-12-14-30(15-13-22)26-20(7-6-18(3)28-26)9-11-25(31)19(4)21-8-10-24(23(27)16-21)29-35(5,32)33/h6-8,10,16-17,19,22,29H,9,11-15H2,1-5H3. The number of benzene rings is 1. The van der Waals surface area contributed by atoms with Crippen molar-refractivity contribution in [1.29, 1.82) is 0 Å². The number of hydrogen-bond acceptors (Lipinski definition) is 6. The zero-order valence-corrected chi connectivity index (χ0v) is 22.0. The third kappa shape index (κ3) is 7.73. The van der Waals surface area contributed by atoms with Crippen molar-refractivity contribution in [3.63, 3.8) is 0 Å². The molecule has 0 saturated carbocycles. The Bertz CT molecular complexity index is 1150. The maximum atomic E-state index is 14.4. The van der Waals surface area contributed by atoms with Crippen LogP contribution in [0.15, 0.2) is 30.3 Å². The highest BCUT2D eigenvalue weighted by atomic mass is 32.2. The third-order valence-corrected chi connectivity index (χ3v) is 6.80. The predicted molar refractivity (Wildman–Crippen MR) is 137 cm³/mol. The topological polar surface area (TPSA) is 88.6 Å². The van der Waals surface area contributed by atoms with Crippen LogP contribution in [0.4, 0.5) is 15.9 Å². The summed E-state index contributed by atoms with van der Waals surface area (Å²) in [5.41, 5.74) is 2.34. The largest absolute Gasteiger partial charge is 0.375 e. The van der Waals surface area contributed by atoms with E-state index in [-0.39, 0.29) is 23.7 Å². The van der Waals surface area contributed by atoms with Crippen molar-refractivity contribution >= 4 is 27.3 Å². The molecule has 1 N–H and O–H groups in total. The van der Waals surface area contributed by atoms with Crippen molar-refractivity contribution < 1.29 is 22.3 Å². The van der Waals surface area contributed by atoms with Crippen LogP contribution >= 0.6 is 0 Å². The van der Waals surface area contributed by atoms with Crippen LogP contribution in [0.5, 0.6) is 0 Å². The van der Waals surface area contributed by atoms with Crippen molar-refractivity contribution in [2.24, 2.45) is 0 Å². The number of hydrogen-bond donors (Lipinski definition) is 1. The first kappa shape index (κ1) is 27.1. The van der Waals surface area contributed by atoms with Crippen LogP contribution < -0.4 is 9.62 Å². The van der Waals surface area contributed by atoms with Crippen LogP contribution in [-0.4, -0.2) is 50.7 Å². The molecule has 1 fully saturated rings. The maximum absolute atomic E-state index is 14.4. The van der Waals surface area contributed by atoms with Gasteiger partial charge in [0.05, 0.1) is 24.2 Å². The fourth-order valence-corrected chi connectivity index (χ4v) is 4.94. The molecule has 1 aliphatic heterocycles. The second-order valence-corrected chi connectivity index (χ2v) is 11.4. The number of halogens is 1. The van der Waals surface area contributed by atoms with Crippen LogP contribution in [0.3, 0.4) is 0 Å². The van der Waals surface area contributed by atoms with E-state index in [1.54, 1.807) is 13.0 Å². The van der Waals surface area contributed by atoms with Crippen molar-refractivity contribution in [2.75, 3.05) is 29.0 Å². The first-order chi connectivity index (χ1) is 16.4. The summed E-state index contributed by atoms with van der Waals surface area (Å²) in [6.07, 6.45) is 4.18. The number of ketones is 1. The van der Waals surface area contributed by atoms with E-state index in [2.05, 4.69) is 23.5 Å². The lowest BCUT2D eigenvalue weighted by molar-refractivity contribution is -0.120. The fourth-order valence-electron chi connectivity index (χ4n) is 4.37. The third-order valence-electron chi connectivity index (χ3n) is 6.21. The summed E-state index contributed by atoms with van der Waals surface area (Å²) < 4.78 is 45.2. The number of piperidine rings is 1. The molecular weight excluding hydrogens is 469 g/mol. The van der Waals surface area contributed by atoms with Crippen LogP contribution in [-0.2, 0) is 26.0 Å². The highest BCUT2D eigenvalue weighted by Crippen LogP contribution is 2.28. The van der Waals surface area contributed by atoms with Crippen LogP contribution in [0.25, 0.3) is 0 Å². The molecule has 1 unspecified atom stereocenters. The quantitative estimate of drug-likeness (QED) is 0.508. The van der Waals surface area contributed by atoms with Crippen LogP contribution in [0, 0.1) is 12.7 Å². The minimum atomic E-state index is -3.59. The molecule has 3 rings (SSSR count). The lowest BCUT2D eigenvalue weighted by atomic mass is 9.92. The predicted octanol–water partition coefficient (Wildman–Crippen LogP) is 4.60. The number of Topliss-reactive ketones (excluding diaryl/α,β-unsaturated/α-hetero) is 1. The molecule has 0 amide bonds. The number of aromatic nitrogens is 1. The van der Waals surface area contributed by atoms with E-state index in [4.69, 9.17) is 9.72 Å². The van der Waals surface area contributed by atoms with E-state index < -0.39 is 21.8 Å². The number of ether oxygens (including phenoxy) is 1. The number of sulfonamides is 1. The fraction of sp³-hybridized carbons (Fsp3) is 0.538. The number of nitrogens with one attached hydrogen (secondary N) is 1. The Labute approximate surface area is 208 Å². The van der Waals surface area contributed by atoms with Gasteiger partial charge in [-0.25, -0.2) is 17.8 Å². The molecule has 2 aromatic rings. The molecule has 35 heavy (non-hydrogen) atoms. The average Bonchev–Trinajstić information content (AvgIpc) is 2.78. The van der Waals surface area contributed by atoms with Gasteiger partial charge in [0, 0.05) is 31.1 Å². The number of anilines is 2. The van der Waals surface area contributed by atoms with Crippen LogP contribution in [0.1, 0.15) is 62.8 Å². The number of rotatable bonds is 10. The Morgan fingerprint density at radius 2 is 1.89 bits per heavy atom. The molecule has 1 aliphatic rings. The van der Waals surface area contributed by atoms with Gasteiger partial charge in [0.25, 0.3) is 0 Å². The summed E-state index contributed by atoms with van der Waals surface area (Å²) in [6.45, 7) is 9.54. The summed E-state index contributed by atoms with van der Waals surface area (Å²) in [5, 5.41) is 0. The van der Waals surface area contributed by atoms with Gasteiger partial charge in [0.2, 0.25) is 10.0 Å². The Morgan fingerprint density at radius 3 is 2.49 bits per heavy atom. The lowest BCUT2D eigenvalue weighted by Crippen LogP contribution is -2.39. The zero-order valence-electron chi connectivity index (χ0n) is 21.2. The molecule has 1 saturated heterocycles.